The number of aromatic nitrogens is 16. The highest BCUT2D eigenvalue weighted by Gasteiger charge is 2.66. The first-order chi connectivity index (χ1) is 51.7. The zero-order valence-corrected chi connectivity index (χ0v) is 60.1. The zero-order chi connectivity index (χ0) is 74.8. The van der Waals surface area contributed by atoms with Crippen LogP contribution in [0.3, 0.4) is 0 Å². The van der Waals surface area contributed by atoms with Gasteiger partial charge in [-0.15, -0.1) is 0 Å². The van der Waals surface area contributed by atoms with E-state index in [9.17, 15) is 20.4 Å². The minimum atomic E-state index is -0.884. The first-order valence-corrected chi connectivity index (χ1v) is 35.5. The number of aryl methyl sites for hydroxylation is 1. The maximum Gasteiger partial charge on any atom is 0.185 e. The van der Waals surface area contributed by atoms with Gasteiger partial charge in [0.2, 0.25) is 0 Å². The van der Waals surface area contributed by atoms with Crippen LogP contribution in [-0.2, 0) is 56.8 Å². The molecule has 2 aromatic carbocycles. The molecule has 0 spiro atoms. The molecule has 570 valence electrons. The van der Waals surface area contributed by atoms with Crippen LogP contribution in [0.5, 0.6) is 5.75 Å². The number of hydrogen-bond donors (Lipinski definition) is 8. The van der Waals surface area contributed by atoms with E-state index < -0.39 is 96.5 Å². The lowest BCUT2D eigenvalue weighted by Crippen LogP contribution is -2.41. The molecule has 37 heteroatoms. The lowest BCUT2D eigenvalue weighted by Gasteiger charge is -2.28. The Bertz CT molecular complexity index is 4770. The van der Waals surface area contributed by atoms with Crippen molar-refractivity contribution < 1.29 is 82.0 Å². The summed E-state index contributed by atoms with van der Waals surface area (Å²) < 4.78 is 86.1. The second-order valence-electron chi connectivity index (χ2n) is 28.1. The first kappa shape index (κ1) is 73.5. The summed E-state index contributed by atoms with van der Waals surface area (Å²) in [6.45, 7) is 13.2. The van der Waals surface area contributed by atoms with Gasteiger partial charge in [0.05, 0.1) is 58.8 Å². The van der Waals surface area contributed by atoms with E-state index >= 15 is 0 Å². The van der Waals surface area contributed by atoms with Crippen molar-refractivity contribution in [3.8, 4) is 5.75 Å². The van der Waals surface area contributed by atoms with Crippen LogP contribution >= 0.6 is 0 Å². The Hall–Kier alpha value is -9.00. The van der Waals surface area contributed by atoms with Gasteiger partial charge in [-0.05, 0) is 66.0 Å². The van der Waals surface area contributed by atoms with Crippen LogP contribution in [0.25, 0.3) is 44.7 Å². The van der Waals surface area contributed by atoms with Gasteiger partial charge in [-0.2, -0.15) is 0 Å². The average Bonchev–Trinajstić information content (AvgIpc) is 1.57. The van der Waals surface area contributed by atoms with Crippen LogP contribution in [0.1, 0.15) is 134 Å². The third-order valence-corrected chi connectivity index (χ3v) is 21.1. The molecule has 10 aromatic rings. The van der Waals surface area contributed by atoms with E-state index in [0.717, 1.165) is 48.1 Å². The number of aliphatic hydroxyl groups is 4. The van der Waals surface area contributed by atoms with E-state index in [2.05, 4.69) is 66.7 Å². The van der Waals surface area contributed by atoms with E-state index in [1.54, 1.807) is 50.7 Å². The predicted molar refractivity (Wildman–Crippen MR) is 377 cm³/mol. The molecule has 4 unspecified atom stereocenters. The lowest BCUT2D eigenvalue weighted by molar-refractivity contribution is -0.174. The quantitative estimate of drug-likeness (QED) is 0.0576. The summed E-state index contributed by atoms with van der Waals surface area (Å²) in [6, 6.07) is 15.5. The Kier molecular flexibility index (Phi) is 20.3. The van der Waals surface area contributed by atoms with Crippen LogP contribution in [0.15, 0.2) is 99.1 Å². The molecule has 16 heterocycles. The zero-order valence-electron chi connectivity index (χ0n) is 60.1. The van der Waals surface area contributed by atoms with Gasteiger partial charge in [0.25, 0.3) is 0 Å². The number of anilines is 4. The number of ether oxygens (including phenoxy) is 13. The molecule has 0 radical (unpaired) electrons. The van der Waals surface area contributed by atoms with Crippen molar-refractivity contribution in [2.75, 3.05) is 56.5 Å². The van der Waals surface area contributed by atoms with Crippen LogP contribution in [0.2, 0.25) is 0 Å². The van der Waals surface area contributed by atoms with E-state index in [1.165, 1.54) is 38.2 Å². The van der Waals surface area contributed by atoms with E-state index in [1.807, 2.05) is 90.1 Å². The lowest BCUT2D eigenvalue weighted by atomic mass is 9.96. The fraction of sp³-hybridized carbons (Fsp3) is 0.543. The van der Waals surface area contributed by atoms with Crippen molar-refractivity contribution in [3.05, 3.63) is 116 Å². The van der Waals surface area contributed by atoms with Gasteiger partial charge in [-0.3, -0.25) is 18.3 Å². The highest BCUT2D eigenvalue weighted by molar-refractivity contribution is 5.83. The number of aliphatic hydroxyl groups excluding tert-OH is 4. The number of rotatable bonds is 17. The summed E-state index contributed by atoms with van der Waals surface area (Å²) in [6.07, 6.45) is 10.4. The van der Waals surface area contributed by atoms with E-state index in [4.69, 9.17) is 84.5 Å². The van der Waals surface area contributed by atoms with Gasteiger partial charge in [0.1, 0.15) is 124 Å². The fourth-order valence-corrected chi connectivity index (χ4v) is 15.6. The molecule has 12 N–H and O–H groups in total. The van der Waals surface area contributed by atoms with Crippen molar-refractivity contribution in [3.63, 3.8) is 0 Å². The number of nitrogen functional groups attached to an aromatic ring is 4. The molecule has 0 amide bonds. The monoisotopic (exact) mass is 1480 g/mol. The Morgan fingerprint density at radius 1 is 0.402 bits per heavy atom. The summed E-state index contributed by atoms with van der Waals surface area (Å²) in [4.78, 5) is 50.2. The number of unbranched alkanes of at least 4 members (excludes halogenated alkanes) is 3. The highest BCUT2D eigenvalue weighted by Crippen LogP contribution is 2.55. The molecule has 8 aromatic heterocycles. The van der Waals surface area contributed by atoms with Crippen LogP contribution in [0.4, 0.5) is 23.3 Å². The molecule has 8 saturated heterocycles. The fourth-order valence-electron chi connectivity index (χ4n) is 15.6. The summed E-state index contributed by atoms with van der Waals surface area (Å²) in [7, 11) is 1.61. The third kappa shape index (κ3) is 12.9. The number of methoxy groups -OCH3 is 1. The van der Waals surface area contributed by atoms with Crippen LogP contribution in [0, 0.1) is 6.92 Å². The number of nitrogens with zero attached hydrogens (tertiary/aromatic N) is 16. The molecule has 8 fully saturated rings. The molecular formula is C70H88N20O17. The number of nitrogens with two attached hydrogens (primary N) is 4. The van der Waals surface area contributed by atoms with Gasteiger partial charge >= 0.3 is 0 Å². The van der Waals surface area contributed by atoms with Gasteiger partial charge < -0.3 is 105 Å². The Labute approximate surface area is 612 Å². The summed E-state index contributed by atoms with van der Waals surface area (Å²) >= 11 is 0. The van der Waals surface area contributed by atoms with Gasteiger partial charge in [-0.25, -0.2) is 59.8 Å². The molecule has 8 aliphatic rings. The summed E-state index contributed by atoms with van der Waals surface area (Å²) in [5, 5.41) is 39.2. The van der Waals surface area contributed by atoms with Crippen molar-refractivity contribution in [2.24, 2.45) is 0 Å². The predicted octanol–water partition coefficient (Wildman–Crippen LogP) is 4.64. The van der Waals surface area contributed by atoms with Gasteiger partial charge in [0, 0.05) is 11.1 Å². The molecule has 0 saturated carbocycles. The van der Waals surface area contributed by atoms with E-state index in [0.29, 0.717) is 62.1 Å². The normalized spacial score (nSPS) is 33.1. The van der Waals surface area contributed by atoms with Gasteiger partial charge in [0.15, 0.2) is 95.9 Å². The highest BCUT2D eigenvalue weighted by atomic mass is 16.8. The van der Waals surface area contributed by atoms with Crippen molar-refractivity contribution in [2.45, 2.75) is 208 Å². The Morgan fingerprint density at radius 2 is 0.729 bits per heavy atom. The summed E-state index contributed by atoms with van der Waals surface area (Å²) in [5.41, 5.74) is 27.4. The maximum atomic E-state index is 9.88. The number of imidazole rings is 4. The number of benzene rings is 2. The number of fused-ring (bicyclic) bond motifs is 8. The Balaban J connectivity index is 0.000000114. The minimum absolute atomic E-state index is 0.146. The molecule has 37 nitrogen and oxygen atoms in total. The van der Waals surface area contributed by atoms with Crippen molar-refractivity contribution in [1.29, 1.82) is 0 Å². The SMILES string of the molecule is CCC1O[C@@H]2[C@@H](CO)O[C@@H](n3cnc4c(N)ncnc43)[C@]2(C)O1.CCCCCCC1O[C@@H]2[C@@H](CO)O[C@@H](n3cnc4c(N)ncnc43)[C@]2(C)O1.COc1ccc(C2O[C@@H]3[C@@H](CO)O[C@@H](n4cnc5c(N)ncnc54)[C@]3(C)O2)cc1.Cc1ccc(C2O[C@@H]3[C@@H](CO)O[C@@H](n4cnc5c(N)ncnc54)[C@]3(C)O2)cc1. The summed E-state index contributed by atoms with van der Waals surface area (Å²) in [5.74, 6) is 1.95. The number of hydrogen-bond acceptors (Lipinski definition) is 33. The molecule has 0 bridgehead atoms. The third-order valence-electron chi connectivity index (χ3n) is 21.1. The Morgan fingerprint density at radius 3 is 1.07 bits per heavy atom. The van der Waals surface area contributed by atoms with E-state index in [-0.39, 0.29) is 57.0 Å². The molecule has 0 aliphatic carbocycles. The first-order valence-electron chi connectivity index (χ1n) is 35.5. The average molecular weight is 1480 g/mol. The molecule has 18 rings (SSSR count). The van der Waals surface area contributed by atoms with Crippen molar-refractivity contribution in [1.82, 2.24) is 78.1 Å². The smallest absolute Gasteiger partial charge is 0.185 e. The van der Waals surface area contributed by atoms with Crippen LogP contribution in [-0.4, -0.2) is 216 Å². The molecule has 8 aliphatic heterocycles. The topological polar surface area (TPSA) is 479 Å². The molecular weight excluding hydrogens is 1390 g/mol. The van der Waals surface area contributed by atoms with Crippen molar-refractivity contribution >= 4 is 67.9 Å². The standard InChI is InChI=1S/C19H21N5O5.C19H21N5O4.C18H27N5O4.C14H19N5O4/c1-19-14(28-17(29-19)10-3-5-11(26-2)6-4-10)12(7-25)27-18(19)24-9-23-13-15(20)21-8-22-16(13)24;1-10-3-5-11(6-4-10)17-27-14-12(7-25)26-18(19(14,2)28-17)24-9-23-13-15(20)21-8-22-16(13)24;1-3-4-5-6-7-12-26-14-11(8-24)25-17(18(14,2)27-12)23-10-22-13-15(19)20-9-21-16(13)23;1-3-8-22-10-7(4-20)21-13(14(10,2)23-8)19-6-18-9-11(15)16-5-17-12(9)19/h3-6,8-9,12,14,17-18,25H,7H2,1-2H3,(H2,20,21,22);3-6,8-9,12,14,17-18,25H,7H2,1-2H3,(H2,20,21,22);9-12,14,17,24H,3-8H2,1-2H3,(H2,19,20,21);5-8,10,13,20H,3-4H2,1-2H3,(H2,15,16,17)/t2*12-,14-,17?,18-,19-;11-,12?,14-,17-,18-;7-,8?,10-,13-,14-/m1111/s1. The largest absolute Gasteiger partial charge is 0.497 e. The molecule has 20 atom stereocenters. The second kappa shape index (κ2) is 29.5. The maximum absolute atomic E-state index is 9.88. The van der Waals surface area contributed by atoms with Gasteiger partial charge in [-0.1, -0.05) is 75.1 Å². The minimum Gasteiger partial charge on any atom is -0.497 e. The second-order valence-corrected chi connectivity index (χ2v) is 28.1. The molecule has 107 heavy (non-hydrogen) atoms. The van der Waals surface area contributed by atoms with Crippen LogP contribution < -0.4 is 27.7 Å².